The van der Waals surface area contributed by atoms with Gasteiger partial charge in [0, 0.05) is 46.6 Å². The van der Waals surface area contributed by atoms with Crippen molar-refractivity contribution in [2.75, 3.05) is 11.4 Å². The van der Waals surface area contributed by atoms with Crippen molar-refractivity contribution < 1.29 is 52.1 Å². The Hall–Kier alpha value is -6.19. The predicted octanol–water partition coefficient (Wildman–Crippen LogP) is 15.9. The monoisotopic (exact) mass is 1160 g/mol. The van der Waals surface area contributed by atoms with E-state index in [0.29, 0.717) is 11.3 Å². The number of pyridine rings is 1. The first-order chi connectivity index (χ1) is 33.3. The van der Waals surface area contributed by atoms with Crippen LogP contribution >= 0.6 is 0 Å². The van der Waals surface area contributed by atoms with Crippen LogP contribution in [0.15, 0.2) is 126 Å². The quantitative estimate of drug-likeness (QED) is 0.118. The van der Waals surface area contributed by atoms with Gasteiger partial charge >= 0.3 is 33.4 Å². The molecule has 2 aromatic heterocycles. The molecule has 0 aliphatic carbocycles. The molecule has 8 aromatic rings. The van der Waals surface area contributed by atoms with Gasteiger partial charge in [0.1, 0.15) is 5.65 Å². The van der Waals surface area contributed by atoms with Crippen molar-refractivity contribution in [3.05, 3.63) is 195 Å². The smallest absolute Gasteiger partial charge is 0.503 e. The molecule has 0 bridgehead atoms. The van der Waals surface area contributed by atoms with Crippen molar-refractivity contribution >= 4 is 33.5 Å². The third kappa shape index (κ3) is 9.05. The topological polar surface area (TPSA) is 42.6 Å². The maximum Gasteiger partial charge on any atom is 2.00 e. The summed E-state index contributed by atoms with van der Waals surface area (Å²) in [5.41, 5.74) is 6.66. The molecular formula is C60H54F6N4OPt. The summed E-state index contributed by atoms with van der Waals surface area (Å²) in [7, 11) is 0. The fourth-order valence-electron chi connectivity index (χ4n) is 10.3. The number of amidine groups is 1. The molecule has 0 spiro atoms. The Morgan fingerprint density at radius 1 is 0.667 bits per heavy atom. The van der Waals surface area contributed by atoms with Crippen LogP contribution < -0.4 is 9.64 Å². The van der Waals surface area contributed by atoms with Gasteiger partial charge in [-0.25, -0.2) is 4.98 Å². The van der Waals surface area contributed by atoms with Gasteiger partial charge in [-0.3, -0.25) is 0 Å². The van der Waals surface area contributed by atoms with Crippen molar-refractivity contribution in [3.8, 4) is 17.2 Å². The summed E-state index contributed by atoms with van der Waals surface area (Å²) in [5, 5.41) is 2.14. The molecule has 0 radical (unpaired) electrons. The maximum atomic E-state index is 14.5. The number of fused-ring (bicyclic) bond motifs is 5. The number of aryl methyl sites for hydroxylation is 2. The molecule has 0 saturated carbocycles. The Labute approximate surface area is 431 Å². The van der Waals surface area contributed by atoms with E-state index in [9.17, 15) is 26.3 Å². The number of hydrogen-bond donors (Lipinski definition) is 0. The van der Waals surface area contributed by atoms with Crippen LogP contribution in [-0.2, 0) is 49.7 Å². The standard InChI is InChI=1S/C60H54F6N4O.Pt/c1-34-21-46-45-29-40(57(6,7)8)30-48-53(45)70(55(46)67-32-34)50-31-51(35(2)22-47(50)58(48,9)10)71-44-24-38(23-39(28-44)56(3,4)5)54-68-49(52(36-17-13-11-14-18-36)37-19-15-12-16-20-37)33-69(54)43-26-41(59(61,62)63)25-42(27-43)60(64,65)66;/h11-23,25-30,32,49,52H,33H2,1-10H3;/q-2;+2/t49-;/m0./s1. The molecule has 72 heavy (non-hydrogen) atoms. The van der Waals surface area contributed by atoms with E-state index in [-0.39, 0.29) is 56.4 Å². The zero-order chi connectivity index (χ0) is 50.7. The molecule has 372 valence electrons. The number of hydrogen-bond acceptors (Lipinski definition) is 4. The van der Waals surface area contributed by atoms with E-state index in [2.05, 4.69) is 75.6 Å². The van der Waals surface area contributed by atoms with Crippen molar-refractivity contribution in [2.45, 2.75) is 110 Å². The maximum absolute atomic E-state index is 14.5. The largest absolute Gasteiger partial charge is 2.00 e. The summed E-state index contributed by atoms with van der Waals surface area (Å²) in [6, 6.07) is 40.0. The third-order valence-electron chi connectivity index (χ3n) is 14.1. The number of alkyl halides is 6. The molecule has 1 atom stereocenters. The fraction of sp³-hybridized carbons (Fsp3) is 0.300. The molecule has 6 aromatic carbocycles. The van der Waals surface area contributed by atoms with Crippen molar-refractivity contribution in [1.29, 1.82) is 0 Å². The van der Waals surface area contributed by atoms with Crippen LogP contribution in [0.3, 0.4) is 0 Å². The van der Waals surface area contributed by atoms with E-state index >= 15 is 0 Å². The summed E-state index contributed by atoms with van der Waals surface area (Å²) >= 11 is 0. The summed E-state index contributed by atoms with van der Waals surface area (Å²) in [5.74, 6) is 0.455. The molecule has 0 N–H and O–H groups in total. The van der Waals surface area contributed by atoms with Crippen LogP contribution in [0, 0.1) is 26.0 Å². The van der Waals surface area contributed by atoms with Gasteiger partial charge in [0.2, 0.25) is 0 Å². The van der Waals surface area contributed by atoms with Gasteiger partial charge in [-0.15, -0.1) is 34.4 Å². The van der Waals surface area contributed by atoms with Gasteiger partial charge in [-0.2, -0.15) is 32.4 Å². The van der Waals surface area contributed by atoms with E-state index < -0.39 is 46.3 Å². The van der Waals surface area contributed by atoms with Crippen LogP contribution in [0.1, 0.15) is 123 Å². The van der Waals surface area contributed by atoms with E-state index in [1.54, 1.807) is 0 Å². The van der Waals surface area contributed by atoms with Crippen molar-refractivity contribution in [3.63, 3.8) is 0 Å². The molecule has 0 amide bonds. The van der Waals surface area contributed by atoms with Gasteiger partial charge in [-0.05, 0) is 81.3 Å². The summed E-state index contributed by atoms with van der Waals surface area (Å²) in [4.78, 5) is 11.8. The molecular weight excluding hydrogens is 1100 g/mol. The van der Waals surface area contributed by atoms with Crippen LogP contribution in [0.25, 0.3) is 27.6 Å². The van der Waals surface area contributed by atoms with Crippen LogP contribution in [0.5, 0.6) is 11.5 Å². The van der Waals surface area contributed by atoms with E-state index in [1.165, 1.54) is 16.0 Å². The normalized spacial score (nSPS) is 15.8. The van der Waals surface area contributed by atoms with Gasteiger partial charge in [0.05, 0.1) is 28.5 Å². The minimum atomic E-state index is -5.06. The van der Waals surface area contributed by atoms with Gasteiger partial charge in [-0.1, -0.05) is 147 Å². The Bertz CT molecular complexity index is 3360. The summed E-state index contributed by atoms with van der Waals surface area (Å²) in [6.07, 6.45) is -8.25. The predicted molar refractivity (Wildman–Crippen MR) is 271 cm³/mol. The third-order valence-corrected chi connectivity index (χ3v) is 14.1. The van der Waals surface area contributed by atoms with Gasteiger partial charge in [0.25, 0.3) is 0 Å². The van der Waals surface area contributed by atoms with Crippen LogP contribution in [-0.4, -0.2) is 28.0 Å². The second-order valence-corrected chi connectivity index (χ2v) is 21.8. The van der Waals surface area contributed by atoms with Crippen molar-refractivity contribution in [2.24, 2.45) is 4.99 Å². The second-order valence-electron chi connectivity index (χ2n) is 21.8. The summed E-state index contributed by atoms with van der Waals surface area (Å²) in [6.45, 7) is 21.2. The number of nitrogens with zero attached hydrogens (tertiary/aromatic N) is 4. The number of anilines is 1. The van der Waals surface area contributed by atoms with E-state index in [1.807, 2.05) is 114 Å². The average Bonchev–Trinajstić information content (AvgIpc) is 3.88. The Morgan fingerprint density at radius 3 is 1.82 bits per heavy atom. The molecule has 0 saturated heterocycles. The Morgan fingerprint density at radius 2 is 1.25 bits per heavy atom. The first kappa shape index (κ1) is 50.7. The number of aromatic nitrogens is 2. The molecule has 10 rings (SSSR count). The minimum absolute atomic E-state index is 0. The molecule has 2 aliphatic rings. The van der Waals surface area contributed by atoms with Gasteiger partial charge in [0.15, 0.2) is 0 Å². The summed E-state index contributed by atoms with van der Waals surface area (Å²) < 4.78 is 96.3. The fourth-order valence-corrected chi connectivity index (χ4v) is 10.3. The first-order valence-corrected chi connectivity index (χ1v) is 23.8. The molecule has 0 unspecified atom stereocenters. The minimum Gasteiger partial charge on any atom is -0.503 e. The Balaban J connectivity index is 0.00000640. The van der Waals surface area contributed by atoms with E-state index in [0.717, 1.165) is 73.1 Å². The molecule has 5 nitrogen and oxygen atoms in total. The Kier molecular flexibility index (Phi) is 12.5. The first-order valence-electron chi connectivity index (χ1n) is 23.8. The molecule has 12 heteroatoms. The number of rotatable bonds is 7. The molecule has 0 fully saturated rings. The number of aliphatic imine (C=N–C) groups is 1. The second kappa shape index (κ2) is 17.8. The van der Waals surface area contributed by atoms with E-state index in [4.69, 9.17) is 14.7 Å². The van der Waals surface area contributed by atoms with Gasteiger partial charge < -0.3 is 19.2 Å². The number of ether oxygens (including phenoxy) is 1. The zero-order valence-corrected chi connectivity index (χ0v) is 44.0. The average molecular weight is 1160 g/mol. The van der Waals surface area contributed by atoms with Crippen LogP contribution in [0.2, 0.25) is 0 Å². The van der Waals surface area contributed by atoms with Crippen LogP contribution in [0.4, 0.5) is 32.0 Å². The number of halogens is 6. The molecule has 2 aliphatic heterocycles. The molecule has 4 heterocycles. The SMILES string of the molecule is Cc1cnc2c(c1)c1cc(C(C)(C)C)cc3c1n2-c1[c-]c(Oc2[c-]c(C4=N[C@H](C(c5ccccc5)c5ccccc5)CN4c4cc(C(F)(F)F)cc(C(F)(F)F)c4)cc(C(C)(C)C)c2)c(C)cc1C3(C)C.[Pt+2]. The number of benzene rings is 6. The van der Waals surface area contributed by atoms with Crippen molar-refractivity contribution in [1.82, 2.24) is 9.55 Å². The zero-order valence-electron chi connectivity index (χ0n) is 41.7.